The van der Waals surface area contributed by atoms with Crippen LogP contribution in [0.4, 0.5) is 37.7 Å². The van der Waals surface area contributed by atoms with Gasteiger partial charge in [-0.3, -0.25) is 0 Å². The third-order valence-corrected chi connectivity index (χ3v) is 5.71. The van der Waals surface area contributed by atoms with Gasteiger partial charge in [-0.25, -0.2) is 0 Å². The molecule has 0 aromatic heterocycles. The van der Waals surface area contributed by atoms with Crippen molar-refractivity contribution < 1.29 is 26.3 Å². The summed E-state index contributed by atoms with van der Waals surface area (Å²) in [7, 11) is 0. The van der Waals surface area contributed by atoms with Gasteiger partial charge in [0.05, 0.1) is 11.1 Å². The summed E-state index contributed by atoms with van der Waals surface area (Å²) >= 11 is 2.53. The van der Waals surface area contributed by atoms with E-state index in [-0.39, 0.29) is 11.4 Å². The molecule has 0 aliphatic rings. The second-order valence-electron chi connectivity index (χ2n) is 5.20. The van der Waals surface area contributed by atoms with Gasteiger partial charge in [0.1, 0.15) is 0 Å². The molecule has 0 amide bonds. The van der Waals surface area contributed by atoms with Gasteiger partial charge in [0, 0.05) is 32.7 Å². The van der Waals surface area contributed by atoms with Gasteiger partial charge in [-0.05, 0) is 36.4 Å². The Labute approximate surface area is 154 Å². The fraction of sp³-hybridized carbons (Fsp3) is 0.250. The minimum absolute atomic E-state index is 0.0314. The Morgan fingerprint density at radius 2 is 1.00 bits per heavy atom. The summed E-state index contributed by atoms with van der Waals surface area (Å²) in [4.78, 5) is 1.03. The van der Waals surface area contributed by atoms with E-state index < -0.39 is 23.5 Å². The average Bonchev–Trinajstić information content (AvgIpc) is 2.52. The highest BCUT2D eigenvalue weighted by Gasteiger charge is 2.31. The van der Waals surface area contributed by atoms with Gasteiger partial charge in [0.15, 0.2) is 0 Å². The van der Waals surface area contributed by atoms with E-state index in [2.05, 4.69) is 0 Å². The molecule has 2 aromatic carbocycles. The Hall–Kier alpha value is -1.68. The standard InChI is InChI=1S/C16H14F6N2S2/c17-15(18,19)9-1-3-13(11(23)7-9)25-5-6-26-14-4-2-10(8-12(14)24)16(20,21)22/h1-4,7-8H,5-6,23-24H2. The van der Waals surface area contributed by atoms with Gasteiger partial charge in [0.25, 0.3) is 0 Å². The number of rotatable bonds is 5. The van der Waals surface area contributed by atoms with E-state index >= 15 is 0 Å². The molecule has 0 spiro atoms. The van der Waals surface area contributed by atoms with Crippen LogP contribution in [0.1, 0.15) is 11.1 Å². The van der Waals surface area contributed by atoms with Crippen LogP contribution in [0, 0.1) is 0 Å². The van der Waals surface area contributed by atoms with Gasteiger partial charge >= 0.3 is 12.4 Å². The SMILES string of the molecule is Nc1cc(C(F)(F)F)ccc1SCCSc1ccc(C(F)(F)F)cc1N. The Balaban J connectivity index is 1.91. The minimum Gasteiger partial charge on any atom is -0.398 e. The number of hydrogen-bond donors (Lipinski definition) is 2. The van der Waals surface area contributed by atoms with Gasteiger partial charge in [0.2, 0.25) is 0 Å². The van der Waals surface area contributed by atoms with Gasteiger partial charge in [-0.1, -0.05) is 0 Å². The molecule has 0 atom stereocenters. The Bertz CT molecular complexity index is 709. The second-order valence-corrected chi connectivity index (χ2v) is 7.47. The number of anilines is 2. The quantitative estimate of drug-likeness (QED) is 0.283. The molecule has 142 valence electrons. The molecule has 10 heteroatoms. The number of nitrogens with two attached hydrogens (primary N) is 2. The summed E-state index contributed by atoms with van der Waals surface area (Å²) in [5.41, 5.74) is 9.71. The van der Waals surface area contributed by atoms with Gasteiger partial charge in [-0.2, -0.15) is 26.3 Å². The molecule has 0 saturated carbocycles. The first kappa shape index (κ1) is 20.6. The molecule has 4 N–H and O–H groups in total. The fourth-order valence-electron chi connectivity index (χ4n) is 2.02. The van der Waals surface area contributed by atoms with E-state index in [4.69, 9.17) is 11.5 Å². The molecule has 2 rings (SSSR count). The fourth-order valence-corrected chi connectivity index (χ4v) is 3.90. The molecule has 0 unspecified atom stereocenters. The third kappa shape index (κ3) is 5.41. The van der Waals surface area contributed by atoms with Crippen LogP contribution in [0.3, 0.4) is 0 Å². The first-order valence-corrected chi connectivity index (χ1v) is 9.14. The summed E-state index contributed by atoms with van der Waals surface area (Å²) in [6.07, 6.45) is -8.90. The van der Waals surface area contributed by atoms with Gasteiger partial charge < -0.3 is 11.5 Å². The average molecular weight is 412 g/mol. The van der Waals surface area contributed by atoms with E-state index in [1.54, 1.807) is 0 Å². The van der Waals surface area contributed by atoms with Crippen LogP contribution in [0.15, 0.2) is 46.2 Å². The summed E-state index contributed by atoms with van der Waals surface area (Å²) in [5.74, 6) is 1.00. The molecular formula is C16H14F6N2S2. The lowest BCUT2D eigenvalue weighted by Crippen LogP contribution is -2.06. The van der Waals surface area contributed by atoms with Crippen molar-refractivity contribution in [2.45, 2.75) is 22.1 Å². The van der Waals surface area contributed by atoms with Crippen molar-refractivity contribution in [2.24, 2.45) is 0 Å². The van der Waals surface area contributed by atoms with Crippen molar-refractivity contribution in [3.8, 4) is 0 Å². The maximum absolute atomic E-state index is 12.6. The molecular weight excluding hydrogens is 398 g/mol. The van der Waals surface area contributed by atoms with E-state index in [1.807, 2.05) is 0 Å². The predicted molar refractivity (Wildman–Crippen MR) is 93.2 cm³/mol. The molecule has 2 aromatic rings. The Morgan fingerprint density at radius 3 is 1.27 bits per heavy atom. The molecule has 0 fully saturated rings. The predicted octanol–water partition coefficient (Wildman–Crippen LogP) is 5.77. The monoisotopic (exact) mass is 412 g/mol. The molecule has 0 radical (unpaired) electrons. The summed E-state index contributed by atoms with van der Waals surface area (Å²) < 4.78 is 75.5. The Kier molecular flexibility index (Phi) is 6.28. The van der Waals surface area contributed by atoms with Crippen LogP contribution in [-0.2, 0) is 12.4 Å². The van der Waals surface area contributed by atoms with Crippen molar-refractivity contribution in [1.29, 1.82) is 0 Å². The molecule has 26 heavy (non-hydrogen) atoms. The van der Waals surface area contributed by atoms with Crippen LogP contribution in [0.5, 0.6) is 0 Å². The first-order valence-electron chi connectivity index (χ1n) is 7.17. The highest BCUT2D eigenvalue weighted by Crippen LogP contribution is 2.36. The van der Waals surface area contributed by atoms with Gasteiger partial charge in [-0.15, -0.1) is 23.5 Å². The van der Waals surface area contributed by atoms with Crippen LogP contribution in [-0.4, -0.2) is 11.5 Å². The normalized spacial score (nSPS) is 12.4. The lowest BCUT2D eigenvalue weighted by molar-refractivity contribution is -0.138. The van der Waals surface area contributed by atoms with E-state index in [0.29, 0.717) is 21.3 Å². The zero-order chi connectivity index (χ0) is 19.5. The molecule has 0 bridgehead atoms. The number of hydrogen-bond acceptors (Lipinski definition) is 4. The molecule has 0 aliphatic carbocycles. The number of alkyl halides is 6. The molecule has 2 nitrogen and oxygen atoms in total. The maximum atomic E-state index is 12.6. The highest BCUT2D eigenvalue weighted by molar-refractivity contribution is 8.03. The summed E-state index contributed by atoms with van der Waals surface area (Å²) in [6, 6.07) is 6.28. The van der Waals surface area contributed by atoms with Crippen LogP contribution in [0.2, 0.25) is 0 Å². The zero-order valence-electron chi connectivity index (χ0n) is 13.1. The smallest absolute Gasteiger partial charge is 0.398 e. The van der Waals surface area contributed by atoms with E-state index in [1.165, 1.54) is 35.7 Å². The number of nitrogen functional groups attached to an aromatic ring is 2. The second kappa shape index (κ2) is 7.91. The first-order chi connectivity index (χ1) is 12.0. The zero-order valence-corrected chi connectivity index (χ0v) is 14.8. The molecule has 0 aliphatic heterocycles. The van der Waals surface area contributed by atoms with Crippen molar-refractivity contribution in [3.63, 3.8) is 0 Å². The molecule has 0 saturated heterocycles. The summed E-state index contributed by atoms with van der Waals surface area (Å²) in [6.45, 7) is 0. The maximum Gasteiger partial charge on any atom is 0.416 e. The number of halogens is 6. The van der Waals surface area contributed by atoms with Crippen LogP contribution >= 0.6 is 23.5 Å². The minimum atomic E-state index is -4.45. The molecule has 0 heterocycles. The number of thioether (sulfide) groups is 2. The third-order valence-electron chi connectivity index (χ3n) is 3.27. The van der Waals surface area contributed by atoms with Crippen LogP contribution < -0.4 is 11.5 Å². The summed E-state index contributed by atoms with van der Waals surface area (Å²) in [5, 5.41) is 0. The Morgan fingerprint density at radius 1 is 0.654 bits per heavy atom. The van der Waals surface area contributed by atoms with Crippen molar-refractivity contribution in [2.75, 3.05) is 23.0 Å². The van der Waals surface area contributed by atoms with Crippen molar-refractivity contribution >= 4 is 34.9 Å². The largest absolute Gasteiger partial charge is 0.416 e. The van der Waals surface area contributed by atoms with Crippen molar-refractivity contribution in [1.82, 2.24) is 0 Å². The lowest BCUT2D eigenvalue weighted by atomic mass is 10.2. The van der Waals surface area contributed by atoms with Crippen LogP contribution in [0.25, 0.3) is 0 Å². The van der Waals surface area contributed by atoms with E-state index in [9.17, 15) is 26.3 Å². The topological polar surface area (TPSA) is 52.0 Å². The van der Waals surface area contributed by atoms with Crippen molar-refractivity contribution in [3.05, 3.63) is 47.5 Å². The number of benzene rings is 2. The lowest BCUT2D eigenvalue weighted by Gasteiger charge is -2.11. The van der Waals surface area contributed by atoms with E-state index in [0.717, 1.165) is 24.3 Å². The highest BCUT2D eigenvalue weighted by atomic mass is 32.2.